The molecular formula is C23H22N4O4S. The Hall–Kier alpha value is -3.85. The van der Waals surface area contributed by atoms with Gasteiger partial charge in [0.25, 0.3) is 10.0 Å². The molecule has 2 aromatic heterocycles. The molecule has 0 aliphatic carbocycles. The number of ether oxygens (including phenoxy) is 1. The Morgan fingerprint density at radius 3 is 2.53 bits per heavy atom. The molecule has 9 heteroatoms. The minimum atomic E-state index is -3.98. The third-order valence-electron chi connectivity index (χ3n) is 5.00. The number of oxazole rings is 1. The van der Waals surface area contributed by atoms with Crippen LogP contribution in [0.5, 0.6) is 5.88 Å². The maximum absolute atomic E-state index is 13.2. The summed E-state index contributed by atoms with van der Waals surface area (Å²) in [4.78, 5) is 8.29. The number of hydrogen-bond acceptors (Lipinski definition) is 7. The predicted molar refractivity (Wildman–Crippen MR) is 124 cm³/mol. The number of methoxy groups -OCH3 is 1. The largest absolute Gasteiger partial charge is 0.480 e. The number of aromatic nitrogens is 2. The van der Waals surface area contributed by atoms with Gasteiger partial charge in [0, 0.05) is 11.3 Å². The molecule has 0 atom stereocenters. The summed E-state index contributed by atoms with van der Waals surface area (Å²) in [7, 11) is -2.61. The number of anilines is 2. The van der Waals surface area contributed by atoms with E-state index in [0.29, 0.717) is 28.2 Å². The molecule has 4 rings (SSSR count). The summed E-state index contributed by atoms with van der Waals surface area (Å²) < 4.78 is 39.7. The van der Waals surface area contributed by atoms with Crippen molar-refractivity contribution in [1.82, 2.24) is 9.97 Å². The van der Waals surface area contributed by atoms with Gasteiger partial charge in [-0.25, -0.2) is 18.4 Å². The van der Waals surface area contributed by atoms with Crippen LogP contribution in [0.15, 0.2) is 70.9 Å². The fraction of sp³-hybridized carbons (Fsp3) is 0.130. The van der Waals surface area contributed by atoms with Gasteiger partial charge in [-0.3, -0.25) is 4.72 Å². The lowest BCUT2D eigenvalue weighted by molar-refractivity contribution is 0.385. The molecule has 2 heterocycles. The quantitative estimate of drug-likeness (QED) is 0.419. The highest BCUT2D eigenvalue weighted by Gasteiger charge is 2.23. The highest BCUT2D eigenvalue weighted by molar-refractivity contribution is 7.92. The van der Waals surface area contributed by atoms with E-state index in [-0.39, 0.29) is 10.8 Å². The smallest absolute Gasteiger partial charge is 0.267 e. The minimum Gasteiger partial charge on any atom is -0.480 e. The second kappa shape index (κ2) is 8.35. The third kappa shape index (κ3) is 4.02. The molecule has 0 bridgehead atoms. The zero-order valence-electron chi connectivity index (χ0n) is 17.8. The fourth-order valence-electron chi connectivity index (χ4n) is 3.38. The standard InChI is InChI=1S/C23H22N4O4S/c1-14-7-5-8-15(2)21(14)27-32(28,29)20-11-17(12-24-23(20)30-4)26-16(3)18-9-6-10-19-22(18)25-13-31-19/h5-13,26-27H,3H2,1-2,4H3. The van der Waals surface area contributed by atoms with Gasteiger partial charge in [0.2, 0.25) is 5.88 Å². The number of aryl methyl sites for hydroxylation is 2. The van der Waals surface area contributed by atoms with E-state index < -0.39 is 10.0 Å². The summed E-state index contributed by atoms with van der Waals surface area (Å²) >= 11 is 0. The number of pyridine rings is 1. The lowest BCUT2D eigenvalue weighted by Gasteiger charge is -2.16. The number of rotatable bonds is 7. The van der Waals surface area contributed by atoms with Crippen LogP contribution in [0.1, 0.15) is 16.7 Å². The lowest BCUT2D eigenvalue weighted by Crippen LogP contribution is -2.16. The van der Waals surface area contributed by atoms with Crippen LogP contribution >= 0.6 is 0 Å². The van der Waals surface area contributed by atoms with Crippen molar-refractivity contribution < 1.29 is 17.6 Å². The van der Waals surface area contributed by atoms with Gasteiger partial charge in [0.05, 0.1) is 24.7 Å². The molecule has 2 aromatic carbocycles. The maximum Gasteiger partial charge on any atom is 0.267 e. The van der Waals surface area contributed by atoms with Crippen LogP contribution in [0.3, 0.4) is 0 Å². The van der Waals surface area contributed by atoms with Gasteiger partial charge < -0.3 is 14.5 Å². The van der Waals surface area contributed by atoms with Crippen molar-refractivity contribution in [2.45, 2.75) is 18.7 Å². The summed E-state index contributed by atoms with van der Waals surface area (Å²) in [5.41, 5.74) is 5.09. The molecule has 0 unspecified atom stereocenters. The van der Waals surface area contributed by atoms with Crippen LogP contribution in [0.25, 0.3) is 16.8 Å². The molecule has 32 heavy (non-hydrogen) atoms. The van der Waals surface area contributed by atoms with E-state index in [1.807, 2.05) is 44.2 Å². The SMILES string of the molecule is C=C(Nc1cnc(OC)c(S(=O)(=O)Nc2c(C)cccc2C)c1)c1cccc2ocnc12. The molecule has 164 valence electrons. The Balaban J connectivity index is 1.68. The van der Waals surface area contributed by atoms with Crippen molar-refractivity contribution in [1.29, 1.82) is 0 Å². The van der Waals surface area contributed by atoms with Crippen molar-refractivity contribution in [3.05, 3.63) is 78.3 Å². The maximum atomic E-state index is 13.2. The average molecular weight is 451 g/mol. The first-order valence-electron chi connectivity index (χ1n) is 9.72. The molecule has 0 aliphatic heterocycles. The van der Waals surface area contributed by atoms with Crippen LogP contribution < -0.4 is 14.8 Å². The van der Waals surface area contributed by atoms with Gasteiger partial charge in [0.1, 0.15) is 5.52 Å². The first kappa shape index (κ1) is 21.4. The number of para-hydroxylation sites is 2. The minimum absolute atomic E-state index is 0.0153. The number of nitrogens with zero attached hydrogens (tertiary/aromatic N) is 2. The first-order valence-corrected chi connectivity index (χ1v) is 11.2. The molecule has 0 aliphatic rings. The van der Waals surface area contributed by atoms with E-state index in [1.54, 1.807) is 6.07 Å². The highest BCUT2D eigenvalue weighted by atomic mass is 32.2. The van der Waals surface area contributed by atoms with Crippen molar-refractivity contribution >= 4 is 38.2 Å². The molecule has 0 fully saturated rings. The van der Waals surface area contributed by atoms with Crippen LogP contribution in [0, 0.1) is 13.8 Å². The first-order chi connectivity index (χ1) is 15.3. The van der Waals surface area contributed by atoms with Gasteiger partial charge in [0.15, 0.2) is 16.9 Å². The number of nitrogens with one attached hydrogen (secondary N) is 2. The third-order valence-corrected chi connectivity index (χ3v) is 6.34. The molecule has 0 amide bonds. The van der Waals surface area contributed by atoms with E-state index >= 15 is 0 Å². The van der Waals surface area contributed by atoms with Gasteiger partial charge in [-0.1, -0.05) is 36.9 Å². The fourth-order valence-corrected chi connectivity index (χ4v) is 4.73. The Morgan fingerprint density at radius 2 is 1.81 bits per heavy atom. The van der Waals surface area contributed by atoms with Crippen molar-refractivity contribution in [3.8, 4) is 5.88 Å². The van der Waals surface area contributed by atoms with E-state index in [9.17, 15) is 8.42 Å². The zero-order valence-corrected chi connectivity index (χ0v) is 18.7. The van der Waals surface area contributed by atoms with Gasteiger partial charge in [-0.05, 0) is 37.1 Å². The number of fused-ring (bicyclic) bond motifs is 1. The van der Waals surface area contributed by atoms with Crippen LogP contribution in [0.4, 0.5) is 11.4 Å². The van der Waals surface area contributed by atoms with Crippen LogP contribution in [-0.4, -0.2) is 25.5 Å². The highest BCUT2D eigenvalue weighted by Crippen LogP contribution is 2.30. The molecule has 8 nitrogen and oxygen atoms in total. The van der Waals surface area contributed by atoms with E-state index in [0.717, 1.165) is 16.7 Å². The van der Waals surface area contributed by atoms with Crippen LogP contribution in [-0.2, 0) is 10.0 Å². The summed E-state index contributed by atoms with van der Waals surface area (Å²) in [6.45, 7) is 7.74. The van der Waals surface area contributed by atoms with Crippen molar-refractivity contribution in [2.75, 3.05) is 17.1 Å². The molecule has 0 saturated carbocycles. The number of sulfonamides is 1. The number of benzene rings is 2. The lowest BCUT2D eigenvalue weighted by atomic mass is 10.1. The number of hydrogen-bond donors (Lipinski definition) is 2. The second-order valence-electron chi connectivity index (χ2n) is 7.21. The zero-order chi connectivity index (χ0) is 22.9. The van der Waals surface area contributed by atoms with Gasteiger partial charge in [-0.15, -0.1) is 0 Å². The summed E-state index contributed by atoms with van der Waals surface area (Å²) in [5, 5.41) is 3.10. The van der Waals surface area contributed by atoms with E-state index in [2.05, 4.69) is 26.6 Å². The summed E-state index contributed by atoms with van der Waals surface area (Å²) in [5.74, 6) is -0.0153. The Morgan fingerprint density at radius 1 is 1.09 bits per heavy atom. The predicted octanol–water partition coefficient (Wildman–Crippen LogP) is 4.73. The monoisotopic (exact) mass is 450 g/mol. The molecule has 4 aromatic rings. The van der Waals surface area contributed by atoms with E-state index in [4.69, 9.17) is 9.15 Å². The Kier molecular flexibility index (Phi) is 5.58. The normalized spacial score (nSPS) is 11.3. The molecular weight excluding hydrogens is 428 g/mol. The van der Waals surface area contributed by atoms with Crippen LogP contribution in [0.2, 0.25) is 0 Å². The summed E-state index contributed by atoms with van der Waals surface area (Å²) in [6.07, 6.45) is 2.84. The second-order valence-corrected chi connectivity index (χ2v) is 8.86. The van der Waals surface area contributed by atoms with E-state index in [1.165, 1.54) is 25.8 Å². The van der Waals surface area contributed by atoms with Crippen molar-refractivity contribution in [3.63, 3.8) is 0 Å². The molecule has 0 saturated heterocycles. The molecule has 0 spiro atoms. The Labute approximate surface area is 186 Å². The summed E-state index contributed by atoms with van der Waals surface area (Å²) in [6, 6.07) is 12.5. The molecule has 0 radical (unpaired) electrons. The topological polar surface area (TPSA) is 106 Å². The molecule has 2 N–H and O–H groups in total. The van der Waals surface area contributed by atoms with Gasteiger partial charge >= 0.3 is 0 Å². The Bertz CT molecular complexity index is 1410. The van der Waals surface area contributed by atoms with Crippen molar-refractivity contribution in [2.24, 2.45) is 0 Å². The van der Waals surface area contributed by atoms with Gasteiger partial charge in [-0.2, -0.15) is 0 Å². The average Bonchev–Trinajstić information content (AvgIpc) is 3.25.